The lowest BCUT2D eigenvalue weighted by atomic mass is 10.2. The number of carbonyl (C=O) groups is 2. The lowest BCUT2D eigenvalue weighted by molar-refractivity contribution is -0.140. The topological polar surface area (TPSA) is 111 Å². The van der Waals surface area contributed by atoms with Crippen molar-refractivity contribution in [3.63, 3.8) is 0 Å². The maximum Gasteiger partial charge on any atom is 0.410 e. The number of amides is 1. The Morgan fingerprint density at radius 2 is 1.00 bits per heavy atom. The Balaban J connectivity index is 3.24. The van der Waals surface area contributed by atoms with Crippen molar-refractivity contribution in [2.45, 2.75) is 33.3 Å². The van der Waals surface area contributed by atoms with Crippen LogP contribution in [0.1, 0.15) is 27.7 Å². The molecule has 11 nitrogen and oxygen atoms in total. The largest absolute Gasteiger partial charge is 0.460 e. The first kappa shape index (κ1) is 33.2. The summed E-state index contributed by atoms with van der Waals surface area (Å²) < 4.78 is 42.5. The molecule has 0 aromatic heterocycles. The first-order chi connectivity index (χ1) is 16.6. The van der Waals surface area contributed by atoms with Gasteiger partial charge in [0.25, 0.3) is 0 Å². The first-order valence-corrected chi connectivity index (χ1v) is 11.9. The molecule has 0 unspecified atom stereocenters. The standard InChI is InChI=1S/C24H45NO10/c1-21(2)22(26)34-20-19-33-18-17-32-16-15-31-14-13-30-12-11-29-10-9-28-8-7-25(6)23(27)35-24(3,4)5/h1,7-20H2,2-6H3. The van der Waals surface area contributed by atoms with E-state index in [1.165, 1.54) is 4.90 Å². The van der Waals surface area contributed by atoms with Crippen LogP contribution in [0.3, 0.4) is 0 Å². The summed E-state index contributed by atoms with van der Waals surface area (Å²) in [5, 5.41) is 0. The molecule has 0 N–H and O–H groups in total. The molecule has 0 aliphatic heterocycles. The van der Waals surface area contributed by atoms with Crippen molar-refractivity contribution < 1.29 is 47.5 Å². The third kappa shape index (κ3) is 23.7. The van der Waals surface area contributed by atoms with Gasteiger partial charge in [-0.05, 0) is 27.7 Å². The molecule has 0 spiro atoms. The molecule has 0 aliphatic carbocycles. The van der Waals surface area contributed by atoms with Gasteiger partial charge in [0.1, 0.15) is 12.2 Å². The molecule has 0 aromatic rings. The fraction of sp³-hybridized carbons (Fsp3) is 0.833. The predicted molar refractivity (Wildman–Crippen MR) is 130 cm³/mol. The normalized spacial score (nSPS) is 11.3. The highest BCUT2D eigenvalue weighted by atomic mass is 16.6. The SMILES string of the molecule is C=C(C)C(=O)OCCOCCOCCOCCOCCOCCOCCN(C)C(=O)OC(C)(C)C. The summed E-state index contributed by atoms with van der Waals surface area (Å²) in [7, 11) is 1.67. The number of rotatable bonds is 22. The van der Waals surface area contributed by atoms with E-state index in [2.05, 4.69) is 6.58 Å². The van der Waals surface area contributed by atoms with Gasteiger partial charge in [0.15, 0.2) is 0 Å². The van der Waals surface area contributed by atoms with Gasteiger partial charge in [-0.3, -0.25) is 0 Å². The van der Waals surface area contributed by atoms with E-state index in [0.717, 1.165) is 0 Å². The van der Waals surface area contributed by atoms with Crippen molar-refractivity contribution >= 4 is 12.1 Å². The number of ether oxygens (including phenoxy) is 8. The van der Waals surface area contributed by atoms with Crippen LogP contribution in [0.2, 0.25) is 0 Å². The smallest absolute Gasteiger partial charge is 0.410 e. The van der Waals surface area contributed by atoms with Gasteiger partial charge in [-0.1, -0.05) is 6.58 Å². The second-order valence-electron chi connectivity index (χ2n) is 8.49. The Kier molecular flexibility index (Phi) is 20.4. The lowest BCUT2D eigenvalue weighted by Gasteiger charge is -2.24. The van der Waals surface area contributed by atoms with E-state index >= 15 is 0 Å². The zero-order valence-electron chi connectivity index (χ0n) is 22.1. The van der Waals surface area contributed by atoms with Gasteiger partial charge in [-0.15, -0.1) is 0 Å². The quantitative estimate of drug-likeness (QED) is 0.123. The van der Waals surface area contributed by atoms with E-state index < -0.39 is 11.6 Å². The van der Waals surface area contributed by atoms with E-state index in [9.17, 15) is 9.59 Å². The van der Waals surface area contributed by atoms with E-state index in [1.807, 2.05) is 20.8 Å². The molecule has 0 heterocycles. The van der Waals surface area contributed by atoms with Gasteiger partial charge in [-0.25, -0.2) is 9.59 Å². The average Bonchev–Trinajstić information content (AvgIpc) is 2.78. The number of hydrogen-bond acceptors (Lipinski definition) is 10. The van der Waals surface area contributed by atoms with Gasteiger partial charge >= 0.3 is 12.1 Å². The summed E-state index contributed by atoms with van der Waals surface area (Å²) in [6.07, 6.45) is -0.368. The third-order valence-corrected chi connectivity index (χ3v) is 3.95. The number of nitrogens with zero attached hydrogens (tertiary/aromatic N) is 1. The number of likely N-dealkylation sites (N-methyl/N-ethyl adjacent to an activating group) is 1. The molecule has 0 atom stereocenters. The van der Waals surface area contributed by atoms with E-state index in [0.29, 0.717) is 91.4 Å². The van der Waals surface area contributed by atoms with Crippen LogP contribution < -0.4 is 0 Å². The maximum atomic E-state index is 11.8. The molecule has 0 saturated carbocycles. The van der Waals surface area contributed by atoms with Crippen LogP contribution in [-0.2, 0) is 42.7 Å². The highest BCUT2D eigenvalue weighted by Gasteiger charge is 2.19. The minimum atomic E-state index is -0.509. The molecule has 206 valence electrons. The number of carbonyl (C=O) groups excluding carboxylic acids is 2. The van der Waals surface area contributed by atoms with Crippen LogP contribution >= 0.6 is 0 Å². The molecular weight excluding hydrogens is 462 g/mol. The van der Waals surface area contributed by atoms with Gasteiger partial charge in [-0.2, -0.15) is 0 Å². The van der Waals surface area contributed by atoms with E-state index in [4.69, 9.17) is 37.9 Å². The molecule has 11 heteroatoms. The Bertz CT molecular complexity index is 565. The van der Waals surface area contributed by atoms with E-state index in [1.54, 1.807) is 14.0 Å². The van der Waals surface area contributed by atoms with E-state index in [-0.39, 0.29) is 12.7 Å². The molecule has 0 radical (unpaired) electrons. The Morgan fingerprint density at radius 1 is 0.657 bits per heavy atom. The second kappa shape index (κ2) is 21.5. The van der Waals surface area contributed by atoms with Crippen molar-refractivity contribution in [1.29, 1.82) is 0 Å². The van der Waals surface area contributed by atoms with Gasteiger partial charge in [0, 0.05) is 19.2 Å². The summed E-state index contributed by atoms with van der Waals surface area (Å²) >= 11 is 0. The fourth-order valence-corrected chi connectivity index (χ4v) is 2.15. The molecule has 0 bridgehead atoms. The molecule has 35 heavy (non-hydrogen) atoms. The molecule has 1 amide bonds. The summed E-state index contributed by atoms with van der Waals surface area (Å²) in [5.74, 6) is -0.415. The van der Waals surface area contributed by atoms with Crippen LogP contribution in [0.4, 0.5) is 4.79 Å². The monoisotopic (exact) mass is 507 g/mol. The maximum absolute atomic E-state index is 11.8. The predicted octanol–water partition coefficient (Wildman–Crippen LogP) is 2.07. The molecule has 0 saturated heterocycles. The van der Waals surface area contributed by atoms with Crippen LogP contribution in [0, 0.1) is 0 Å². The minimum absolute atomic E-state index is 0.197. The lowest BCUT2D eigenvalue weighted by Crippen LogP contribution is -2.36. The average molecular weight is 508 g/mol. The van der Waals surface area contributed by atoms with Gasteiger partial charge in [0.2, 0.25) is 0 Å². The minimum Gasteiger partial charge on any atom is -0.460 e. The molecule has 0 aromatic carbocycles. The zero-order valence-corrected chi connectivity index (χ0v) is 22.1. The highest BCUT2D eigenvalue weighted by Crippen LogP contribution is 2.08. The molecule has 0 aliphatic rings. The van der Waals surface area contributed by atoms with Crippen molar-refractivity contribution in [2.75, 3.05) is 99.5 Å². The summed E-state index contributed by atoms with van der Waals surface area (Å²) in [6.45, 7) is 16.5. The van der Waals surface area contributed by atoms with Crippen molar-refractivity contribution in [1.82, 2.24) is 4.90 Å². The Morgan fingerprint density at radius 3 is 1.34 bits per heavy atom. The third-order valence-electron chi connectivity index (χ3n) is 3.95. The van der Waals surface area contributed by atoms with Crippen LogP contribution in [-0.4, -0.2) is 122 Å². The zero-order chi connectivity index (χ0) is 26.4. The number of hydrogen-bond donors (Lipinski definition) is 0. The molecule has 0 fully saturated rings. The van der Waals surface area contributed by atoms with Crippen LogP contribution in [0.5, 0.6) is 0 Å². The molecule has 0 rings (SSSR count). The Labute approximate surface area is 209 Å². The summed E-state index contributed by atoms with van der Waals surface area (Å²) in [6, 6.07) is 0. The van der Waals surface area contributed by atoms with Crippen LogP contribution in [0.15, 0.2) is 12.2 Å². The highest BCUT2D eigenvalue weighted by molar-refractivity contribution is 5.86. The van der Waals surface area contributed by atoms with Gasteiger partial charge < -0.3 is 42.8 Å². The van der Waals surface area contributed by atoms with Crippen molar-refractivity contribution in [3.8, 4) is 0 Å². The van der Waals surface area contributed by atoms with Gasteiger partial charge in [0.05, 0.1) is 79.3 Å². The van der Waals surface area contributed by atoms with Crippen molar-refractivity contribution in [3.05, 3.63) is 12.2 Å². The fourth-order valence-electron chi connectivity index (χ4n) is 2.15. The second-order valence-corrected chi connectivity index (χ2v) is 8.49. The van der Waals surface area contributed by atoms with Crippen molar-refractivity contribution in [2.24, 2.45) is 0 Å². The summed E-state index contributed by atoms with van der Waals surface area (Å²) in [4.78, 5) is 24.4. The summed E-state index contributed by atoms with van der Waals surface area (Å²) in [5.41, 5.74) is -0.141. The molecular formula is C24H45NO10. The number of esters is 1. The Hall–Kier alpha value is -1.76. The first-order valence-electron chi connectivity index (χ1n) is 11.9. The van der Waals surface area contributed by atoms with Crippen LogP contribution in [0.25, 0.3) is 0 Å².